The molecule has 0 amide bonds. The van der Waals surface area contributed by atoms with Gasteiger partial charge in [0.1, 0.15) is 5.75 Å². The van der Waals surface area contributed by atoms with E-state index in [1.54, 1.807) is 6.20 Å². The van der Waals surface area contributed by atoms with Gasteiger partial charge in [-0.3, -0.25) is 9.88 Å². The van der Waals surface area contributed by atoms with Crippen molar-refractivity contribution in [1.82, 2.24) is 9.88 Å². The van der Waals surface area contributed by atoms with Crippen molar-refractivity contribution in [3.05, 3.63) is 95.3 Å². The van der Waals surface area contributed by atoms with E-state index in [1.807, 2.05) is 24.4 Å². The summed E-state index contributed by atoms with van der Waals surface area (Å²) in [5.74, 6) is 0.445. The molecule has 3 nitrogen and oxygen atoms in total. The number of aromatic nitrogens is 1. The highest BCUT2D eigenvalue weighted by molar-refractivity contribution is 5.29. The van der Waals surface area contributed by atoms with Crippen LogP contribution in [0.25, 0.3) is 0 Å². The first-order valence-electron chi connectivity index (χ1n) is 9.87. The van der Waals surface area contributed by atoms with Crippen LogP contribution in [0.5, 0.6) is 5.75 Å². The standard InChI is InChI=1S/C24H25F3N2O/c1-19-6-2-3-8-21(19)18-29(17-20-7-4-13-28-16-20)14-5-15-30-23-11-9-22(10-12-23)24(25,26)27/h2-4,6-13,16H,5,14-15,17-18H2,1H3. The van der Waals surface area contributed by atoms with Gasteiger partial charge < -0.3 is 4.74 Å². The molecule has 1 aromatic heterocycles. The smallest absolute Gasteiger partial charge is 0.416 e. The minimum atomic E-state index is -4.33. The SMILES string of the molecule is Cc1ccccc1CN(CCCOc1ccc(C(F)(F)F)cc1)Cc1cccnc1. The Morgan fingerprint density at radius 2 is 1.70 bits per heavy atom. The molecule has 3 aromatic rings. The lowest BCUT2D eigenvalue weighted by Gasteiger charge is -2.23. The molecule has 0 bridgehead atoms. The zero-order valence-electron chi connectivity index (χ0n) is 16.9. The Hall–Kier alpha value is -2.86. The van der Waals surface area contributed by atoms with E-state index in [4.69, 9.17) is 4.74 Å². The van der Waals surface area contributed by atoms with Crippen molar-refractivity contribution in [1.29, 1.82) is 0 Å². The molecule has 6 heteroatoms. The second-order valence-corrected chi connectivity index (χ2v) is 7.22. The summed E-state index contributed by atoms with van der Waals surface area (Å²) < 4.78 is 43.6. The van der Waals surface area contributed by atoms with Crippen molar-refractivity contribution in [3.63, 3.8) is 0 Å². The topological polar surface area (TPSA) is 25.4 Å². The predicted molar refractivity (Wildman–Crippen MR) is 111 cm³/mol. The molecule has 30 heavy (non-hydrogen) atoms. The van der Waals surface area contributed by atoms with Crippen molar-refractivity contribution in [2.24, 2.45) is 0 Å². The normalized spacial score (nSPS) is 11.6. The third-order valence-corrected chi connectivity index (χ3v) is 4.85. The summed E-state index contributed by atoms with van der Waals surface area (Å²) in [5, 5.41) is 0. The van der Waals surface area contributed by atoms with E-state index in [0.717, 1.165) is 43.8 Å². The van der Waals surface area contributed by atoms with Gasteiger partial charge in [-0.25, -0.2) is 0 Å². The molecule has 0 aliphatic heterocycles. The second-order valence-electron chi connectivity index (χ2n) is 7.22. The molecule has 2 aromatic carbocycles. The first-order chi connectivity index (χ1) is 14.4. The zero-order valence-corrected chi connectivity index (χ0v) is 16.9. The van der Waals surface area contributed by atoms with E-state index in [0.29, 0.717) is 12.4 Å². The van der Waals surface area contributed by atoms with Crippen molar-refractivity contribution < 1.29 is 17.9 Å². The molecule has 0 fully saturated rings. The van der Waals surface area contributed by atoms with Crippen LogP contribution in [0.3, 0.4) is 0 Å². The van der Waals surface area contributed by atoms with Gasteiger partial charge in [-0.1, -0.05) is 30.3 Å². The third-order valence-electron chi connectivity index (χ3n) is 4.85. The molecular formula is C24H25F3N2O. The van der Waals surface area contributed by atoms with Gasteiger partial charge in [0.25, 0.3) is 0 Å². The quantitative estimate of drug-likeness (QED) is 0.409. The minimum absolute atomic E-state index is 0.433. The number of rotatable bonds is 9. The summed E-state index contributed by atoms with van der Waals surface area (Å²) in [6.45, 7) is 4.90. The van der Waals surface area contributed by atoms with Crippen LogP contribution >= 0.6 is 0 Å². The Labute approximate surface area is 175 Å². The van der Waals surface area contributed by atoms with E-state index in [2.05, 4.69) is 35.0 Å². The molecule has 0 aliphatic rings. The number of benzene rings is 2. The molecular weight excluding hydrogens is 389 g/mol. The van der Waals surface area contributed by atoms with Gasteiger partial charge in [0.2, 0.25) is 0 Å². The lowest BCUT2D eigenvalue weighted by atomic mass is 10.1. The maximum Gasteiger partial charge on any atom is 0.416 e. The van der Waals surface area contributed by atoms with Crippen molar-refractivity contribution >= 4 is 0 Å². The molecule has 0 saturated carbocycles. The van der Waals surface area contributed by atoms with Crippen LogP contribution in [-0.2, 0) is 19.3 Å². The summed E-state index contributed by atoms with van der Waals surface area (Å²) >= 11 is 0. The fraction of sp³-hybridized carbons (Fsp3) is 0.292. The number of alkyl halides is 3. The molecule has 0 atom stereocenters. The van der Waals surface area contributed by atoms with Gasteiger partial charge in [-0.15, -0.1) is 0 Å². The summed E-state index contributed by atoms with van der Waals surface area (Å²) in [6, 6.07) is 17.1. The Kier molecular flexibility index (Phi) is 7.46. The van der Waals surface area contributed by atoms with Crippen LogP contribution < -0.4 is 4.74 Å². The minimum Gasteiger partial charge on any atom is -0.494 e. The van der Waals surface area contributed by atoms with E-state index in [9.17, 15) is 13.2 Å². The van der Waals surface area contributed by atoms with Gasteiger partial charge in [-0.05, 0) is 60.4 Å². The van der Waals surface area contributed by atoms with E-state index in [-0.39, 0.29) is 0 Å². The molecule has 0 N–H and O–H groups in total. The van der Waals surface area contributed by atoms with Crippen LogP contribution in [0.2, 0.25) is 0 Å². The fourth-order valence-corrected chi connectivity index (χ4v) is 3.21. The van der Waals surface area contributed by atoms with Gasteiger partial charge >= 0.3 is 6.18 Å². The zero-order chi connectivity index (χ0) is 21.4. The van der Waals surface area contributed by atoms with Gasteiger partial charge in [0, 0.05) is 32.0 Å². The maximum absolute atomic E-state index is 12.7. The Bertz CT molecular complexity index is 912. The van der Waals surface area contributed by atoms with Gasteiger partial charge in [-0.2, -0.15) is 13.2 Å². The second kappa shape index (κ2) is 10.3. The largest absolute Gasteiger partial charge is 0.494 e. The highest BCUT2D eigenvalue weighted by atomic mass is 19.4. The number of hydrogen-bond acceptors (Lipinski definition) is 3. The van der Waals surface area contributed by atoms with Crippen LogP contribution in [0.1, 0.15) is 28.7 Å². The van der Waals surface area contributed by atoms with E-state index in [1.165, 1.54) is 23.3 Å². The third kappa shape index (κ3) is 6.59. The highest BCUT2D eigenvalue weighted by Gasteiger charge is 2.30. The maximum atomic E-state index is 12.7. The number of ether oxygens (including phenoxy) is 1. The van der Waals surface area contributed by atoms with Crippen LogP contribution in [0, 0.1) is 6.92 Å². The first-order valence-corrected chi connectivity index (χ1v) is 9.87. The summed E-state index contributed by atoms with van der Waals surface area (Å²) in [4.78, 5) is 6.52. The summed E-state index contributed by atoms with van der Waals surface area (Å²) in [5.41, 5.74) is 2.98. The van der Waals surface area contributed by atoms with Crippen LogP contribution in [0.15, 0.2) is 73.1 Å². The Balaban J connectivity index is 1.55. The molecule has 0 radical (unpaired) electrons. The van der Waals surface area contributed by atoms with Crippen molar-refractivity contribution in [3.8, 4) is 5.75 Å². The average Bonchev–Trinajstić information content (AvgIpc) is 2.73. The van der Waals surface area contributed by atoms with Gasteiger partial charge in [0.15, 0.2) is 0 Å². The molecule has 0 aliphatic carbocycles. The number of halogens is 3. The lowest BCUT2D eigenvalue weighted by Crippen LogP contribution is -2.25. The summed E-state index contributed by atoms with van der Waals surface area (Å²) in [6.07, 6.45) is 0.0463. The van der Waals surface area contributed by atoms with E-state index < -0.39 is 11.7 Å². The predicted octanol–water partition coefficient (Wildman–Crippen LogP) is 5.88. The molecule has 1 heterocycles. The average molecular weight is 414 g/mol. The number of pyridine rings is 1. The summed E-state index contributed by atoms with van der Waals surface area (Å²) in [7, 11) is 0. The van der Waals surface area contributed by atoms with Crippen molar-refractivity contribution in [2.45, 2.75) is 32.6 Å². The number of aryl methyl sites for hydroxylation is 1. The molecule has 0 unspecified atom stereocenters. The van der Waals surface area contributed by atoms with Crippen LogP contribution in [-0.4, -0.2) is 23.0 Å². The Morgan fingerprint density at radius 1 is 0.933 bits per heavy atom. The molecule has 0 saturated heterocycles. The van der Waals surface area contributed by atoms with Crippen molar-refractivity contribution in [2.75, 3.05) is 13.2 Å². The number of hydrogen-bond donors (Lipinski definition) is 0. The van der Waals surface area contributed by atoms with E-state index >= 15 is 0 Å². The molecule has 0 spiro atoms. The van der Waals surface area contributed by atoms with Gasteiger partial charge in [0.05, 0.1) is 12.2 Å². The lowest BCUT2D eigenvalue weighted by molar-refractivity contribution is -0.137. The van der Waals surface area contributed by atoms with Crippen LogP contribution in [0.4, 0.5) is 13.2 Å². The molecule has 158 valence electrons. The fourth-order valence-electron chi connectivity index (χ4n) is 3.21. The Morgan fingerprint density at radius 3 is 2.37 bits per heavy atom. The highest BCUT2D eigenvalue weighted by Crippen LogP contribution is 2.30. The first kappa shape index (κ1) is 21.8. The number of nitrogens with zero attached hydrogens (tertiary/aromatic N) is 2. The monoisotopic (exact) mass is 414 g/mol. The molecule has 3 rings (SSSR count).